The van der Waals surface area contributed by atoms with Crippen LogP contribution in [0, 0.1) is 11.8 Å². The molecule has 0 saturated heterocycles. The number of aliphatic carboxylic acids is 1. The number of hydrogen-bond acceptors (Lipinski definition) is 1. The summed E-state index contributed by atoms with van der Waals surface area (Å²) in [5, 5.41) is 8.69. The maximum atomic E-state index is 10.6. The monoisotopic (exact) mass is 176 g/mol. The van der Waals surface area contributed by atoms with E-state index in [1.54, 1.807) is 6.08 Å². The minimum atomic E-state index is -0.755. The van der Waals surface area contributed by atoms with Crippen molar-refractivity contribution in [1.29, 1.82) is 0 Å². The summed E-state index contributed by atoms with van der Waals surface area (Å²) in [6, 6.07) is 0. The van der Waals surface area contributed by atoms with E-state index in [0.29, 0.717) is 6.42 Å². The minimum Gasteiger partial charge on any atom is -0.481 e. The minimum absolute atomic E-state index is 0.153. The van der Waals surface area contributed by atoms with Gasteiger partial charge >= 0.3 is 5.97 Å². The zero-order valence-corrected chi connectivity index (χ0v) is 7.51. The molecule has 0 unspecified atom stereocenters. The van der Waals surface area contributed by atoms with Crippen LogP contribution in [0.1, 0.15) is 20.3 Å². The Hall–Kier alpha value is -0.500. The molecule has 0 aromatic carbocycles. The third-order valence-corrected chi connectivity index (χ3v) is 1.78. The van der Waals surface area contributed by atoms with Crippen molar-refractivity contribution in [1.82, 2.24) is 0 Å². The Labute approximate surface area is 71.9 Å². The fraction of sp³-hybridized carbons (Fsp3) is 0.625. The lowest BCUT2D eigenvalue weighted by molar-refractivity contribution is -0.143. The predicted molar refractivity (Wildman–Crippen MR) is 45.6 cm³/mol. The quantitative estimate of drug-likeness (QED) is 0.715. The number of carboxylic acids is 1. The summed E-state index contributed by atoms with van der Waals surface area (Å²) in [4.78, 5) is 10.6. The fourth-order valence-electron chi connectivity index (χ4n) is 0.856. The Morgan fingerprint density at radius 2 is 2.18 bits per heavy atom. The number of halogens is 1. The molecule has 0 aromatic heterocycles. The molecule has 0 aliphatic heterocycles. The lowest BCUT2D eigenvalue weighted by atomic mass is 9.93. The van der Waals surface area contributed by atoms with Gasteiger partial charge in [0.1, 0.15) is 0 Å². The number of hydrogen-bond donors (Lipinski definition) is 1. The first-order valence-electron chi connectivity index (χ1n) is 3.57. The van der Waals surface area contributed by atoms with Crippen molar-refractivity contribution in [2.45, 2.75) is 20.3 Å². The number of carboxylic acid groups (broad SMARTS) is 1. The van der Waals surface area contributed by atoms with Crippen LogP contribution >= 0.6 is 11.6 Å². The first-order valence-corrected chi connectivity index (χ1v) is 4.01. The SMILES string of the molecule is CC(C)[C@H](C/C=C\Cl)C(=O)O. The first-order chi connectivity index (χ1) is 5.09. The smallest absolute Gasteiger partial charge is 0.307 e. The highest BCUT2D eigenvalue weighted by Crippen LogP contribution is 2.15. The second-order valence-corrected chi connectivity index (χ2v) is 3.04. The average Bonchev–Trinajstić information content (AvgIpc) is 1.87. The summed E-state index contributed by atoms with van der Waals surface area (Å²) in [7, 11) is 0. The largest absolute Gasteiger partial charge is 0.481 e. The second kappa shape index (κ2) is 5.19. The van der Waals surface area contributed by atoms with E-state index in [1.807, 2.05) is 13.8 Å². The van der Waals surface area contributed by atoms with Crippen LogP contribution in [0.15, 0.2) is 11.6 Å². The van der Waals surface area contributed by atoms with E-state index in [0.717, 1.165) is 0 Å². The molecular formula is C8H13ClO2. The van der Waals surface area contributed by atoms with Gasteiger partial charge in [0.25, 0.3) is 0 Å². The Kier molecular flexibility index (Phi) is 4.95. The summed E-state index contributed by atoms with van der Waals surface area (Å²) in [5.74, 6) is -0.917. The van der Waals surface area contributed by atoms with Crippen molar-refractivity contribution < 1.29 is 9.90 Å². The molecule has 0 aliphatic carbocycles. The molecule has 0 radical (unpaired) electrons. The highest BCUT2D eigenvalue weighted by Gasteiger charge is 2.19. The van der Waals surface area contributed by atoms with Gasteiger partial charge < -0.3 is 5.11 Å². The summed E-state index contributed by atoms with van der Waals surface area (Å²) < 4.78 is 0. The molecule has 0 bridgehead atoms. The van der Waals surface area contributed by atoms with E-state index in [2.05, 4.69) is 0 Å². The summed E-state index contributed by atoms with van der Waals surface area (Å²) >= 11 is 5.28. The van der Waals surface area contributed by atoms with Gasteiger partial charge in [-0.3, -0.25) is 4.79 Å². The van der Waals surface area contributed by atoms with Crippen molar-refractivity contribution in [2.24, 2.45) is 11.8 Å². The number of rotatable bonds is 4. The van der Waals surface area contributed by atoms with E-state index in [1.165, 1.54) is 5.54 Å². The second-order valence-electron chi connectivity index (χ2n) is 2.79. The zero-order valence-electron chi connectivity index (χ0n) is 6.75. The van der Waals surface area contributed by atoms with Crippen LogP contribution in [0.5, 0.6) is 0 Å². The van der Waals surface area contributed by atoms with Crippen LogP contribution in [0.3, 0.4) is 0 Å². The molecule has 3 heteroatoms. The van der Waals surface area contributed by atoms with Crippen LogP contribution in [0.2, 0.25) is 0 Å². The van der Waals surface area contributed by atoms with Gasteiger partial charge in [0.2, 0.25) is 0 Å². The van der Waals surface area contributed by atoms with Gasteiger partial charge in [-0.25, -0.2) is 0 Å². The number of carbonyl (C=O) groups is 1. The van der Waals surface area contributed by atoms with Crippen molar-refractivity contribution in [3.05, 3.63) is 11.6 Å². The summed E-state index contributed by atoms with van der Waals surface area (Å²) in [6.07, 6.45) is 2.18. The van der Waals surface area contributed by atoms with E-state index in [4.69, 9.17) is 16.7 Å². The highest BCUT2D eigenvalue weighted by molar-refractivity contribution is 6.25. The molecule has 0 saturated carbocycles. The third-order valence-electron chi connectivity index (χ3n) is 1.60. The molecule has 1 atom stereocenters. The van der Waals surface area contributed by atoms with E-state index < -0.39 is 5.97 Å². The zero-order chi connectivity index (χ0) is 8.85. The normalized spacial score (nSPS) is 14.2. The molecule has 2 nitrogen and oxygen atoms in total. The van der Waals surface area contributed by atoms with Crippen LogP contribution in [-0.4, -0.2) is 11.1 Å². The molecule has 11 heavy (non-hydrogen) atoms. The summed E-state index contributed by atoms with van der Waals surface area (Å²) in [5.41, 5.74) is 1.36. The van der Waals surface area contributed by atoms with Crippen LogP contribution < -0.4 is 0 Å². The Bertz CT molecular complexity index is 152. The Morgan fingerprint density at radius 1 is 1.64 bits per heavy atom. The maximum Gasteiger partial charge on any atom is 0.307 e. The molecule has 0 fully saturated rings. The van der Waals surface area contributed by atoms with Crippen molar-refractivity contribution >= 4 is 17.6 Å². The molecule has 0 amide bonds. The molecule has 0 aromatic rings. The molecular weight excluding hydrogens is 164 g/mol. The van der Waals surface area contributed by atoms with E-state index >= 15 is 0 Å². The van der Waals surface area contributed by atoms with Gasteiger partial charge in [-0.2, -0.15) is 0 Å². The molecule has 0 aliphatic rings. The van der Waals surface area contributed by atoms with Gasteiger partial charge in [0, 0.05) is 5.54 Å². The van der Waals surface area contributed by atoms with Gasteiger partial charge in [-0.1, -0.05) is 31.5 Å². The van der Waals surface area contributed by atoms with E-state index in [9.17, 15) is 4.79 Å². The number of allylic oxidation sites excluding steroid dienone is 1. The van der Waals surface area contributed by atoms with Gasteiger partial charge in [0.15, 0.2) is 0 Å². The highest BCUT2D eigenvalue weighted by atomic mass is 35.5. The molecule has 0 spiro atoms. The Morgan fingerprint density at radius 3 is 2.45 bits per heavy atom. The maximum absolute atomic E-state index is 10.6. The molecule has 0 heterocycles. The van der Waals surface area contributed by atoms with Crippen molar-refractivity contribution in [2.75, 3.05) is 0 Å². The predicted octanol–water partition coefficient (Wildman–Crippen LogP) is 2.49. The van der Waals surface area contributed by atoms with Gasteiger partial charge in [0.05, 0.1) is 5.92 Å². The van der Waals surface area contributed by atoms with Crippen LogP contribution in [-0.2, 0) is 4.79 Å². The first kappa shape index (κ1) is 10.5. The molecule has 0 rings (SSSR count). The molecule has 1 N–H and O–H groups in total. The van der Waals surface area contributed by atoms with Gasteiger partial charge in [-0.15, -0.1) is 0 Å². The lowest BCUT2D eigenvalue weighted by Gasteiger charge is -2.12. The van der Waals surface area contributed by atoms with Gasteiger partial charge in [-0.05, 0) is 12.3 Å². The summed E-state index contributed by atoms with van der Waals surface area (Å²) in [6.45, 7) is 3.78. The lowest BCUT2D eigenvalue weighted by Crippen LogP contribution is -2.18. The fourth-order valence-corrected chi connectivity index (χ4v) is 0.959. The van der Waals surface area contributed by atoms with Crippen molar-refractivity contribution in [3.8, 4) is 0 Å². The molecule has 64 valence electrons. The average molecular weight is 177 g/mol. The standard InChI is InChI=1S/C8H13ClO2/c1-6(2)7(8(10)11)4-3-5-9/h3,5-7H,4H2,1-2H3,(H,10,11)/b5-3-/t7-/m0/s1. The van der Waals surface area contributed by atoms with Crippen molar-refractivity contribution in [3.63, 3.8) is 0 Å². The van der Waals surface area contributed by atoms with E-state index in [-0.39, 0.29) is 11.8 Å². The Balaban J connectivity index is 4.00. The van der Waals surface area contributed by atoms with Crippen LogP contribution in [0.4, 0.5) is 0 Å². The third kappa shape index (κ3) is 4.04. The topological polar surface area (TPSA) is 37.3 Å². The van der Waals surface area contributed by atoms with Crippen LogP contribution in [0.25, 0.3) is 0 Å².